The molecule has 1 aromatic heterocycles. The van der Waals surface area contributed by atoms with Crippen molar-refractivity contribution in [2.75, 3.05) is 0 Å². The van der Waals surface area contributed by atoms with Gasteiger partial charge in [0, 0.05) is 5.56 Å². The topological polar surface area (TPSA) is 35.0 Å². The molecule has 0 radical (unpaired) electrons. The fraction of sp³-hybridized carbons (Fsp3) is 0.467. The van der Waals surface area contributed by atoms with Crippen molar-refractivity contribution in [1.82, 2.24) is 9.97 Å². The summed E-state index contributed by atoms with van der Waals surface area (Å²) in [6, 6.07) is 17.4. The first kappa shape index (κ1) is 25.0. The number of hydrogen-bond acceptors (Lipinski definition) is 3. The summed E-state index contributed by atoms with van der Waals surface area (Å²) in [6.45, 7) is 5.04. The maximum Gasteiger partial charge on any atom is 0.159 e. The second-order valence-electron chi connectivity index (χ2n) is 9.02. The number of ether oxygens (including phenoxy) is 1. The van der Waals surface area contributed by atoms with Crippen molar-refractivity contribution < 1.29 is 4.74 Å². The number of aryl methyl sites for hydroxylation is 2. The summed E-state index contributed by atoms with van der Waals surface area (Å²) in [4.78, 5) is 9.03. The highest BCUT2D eigenvalue weighted by atomic mass is 16.5. The Morgan fingerprint density at radius 3 is 1.64 bits per heavy atom. The largest absolute Gasteiger partial charge is 0.486 e. The summed E-state index contributed by atoms with van der Waals surface area (Å²) in [6.07, 6.45) is 17.6. The van der Waals surface area contributed by atoms with Crippen molar-refractivity contribution >= 4 is 0 Å². The molecule has 3 aromatic rings. The molecule has 0 amide bonds. The molecule has 0 saturated heterocycles. The highest BCUT2D eigenvalue weighted by Crippen LogP contribution is 2.19. The van der Waals surface area contributed by atoms with Gasteiger partial charge in [-0.15, -0.1) is 0 Å². The first-order valence-electron chi connectivity index (χ1n) is 12.9. The van der Waals surface area contributed by atoms with Crippen molar-refractivity contribution in [2.45, 2.75) is 91.1 Å². The summed E-state index contributed by atoms with van der Waals surface area (Å²) >= 11 is 0. The molecule has 3 rings (SSSR count). The van der Waals surface area contributed by atoms with E-state index < -0.39 is 0 Å². The summed E-state index contributed by atoms with van der Waals surface area (Å²) in [5, 5.41) is 0. The minimum Gasteiger partial charge on any atom is -0.486 e. The number of aromatic nitrogens is 2. The van der Waals surface area contributed by atoms with Gasteiger partial charge in [-0.3, -0.25) is 0 Å². The summed E-state index contributed by atoms with van der Waals surface area (Å²) in [5.74, 6) is 1.44. The average molecular weight is 445 g/mol. The average Bonchev–Trinajstić information content (AvgIpc) is 2.87. The lowest BCUT2D eigenvalue weighted by molar-refractivity contribution is 0.303. The Morgan fingerprint density at radius 2 is 1.06 bits per heavy atom. The number of nitrogens with zero attached hydrogens (tertiary/aromatic N) is 2. The predicted octanol–water partition coefficient (Wildman–Crippen LogP) is 8.36. The molecule has 33 heavy (non-hydrogen) atoms. The van der Waals surface area contributed by atoms with Crippen molar-refractivity contribution in [3.63, 3.8) is 0 Å². The first-order valence-corrected chi connectivity index (χ1v) is 12.9. The van der Waals surface area contributed by atoms with Gasteiger partial charge in [0.05, 0.1) is 12.4 Å². The van der Waals surface area contributed by atoms with Crippen LogP contribution in [-0.2, 0) is 19.4 Å². The quantitative estimate of drug-likeness (QED) is 0.221. The SMILES string of the molecule is CCCCCCCc1ccc(-c2ncc(OCc3ccc(CCCCCC)cc3)cn2)cc1. The van der Waals surface area contributed by atoms with Gasteiger partial charge in [0.15, 0.2) is 11.6 Å². The van der Waals surface area contributed by atoms with Crippen molar-refractivity contribution in [3.8, 4) is 17.1 Å². The molecule has 176 valence electrons. The Hall–Kier alpha value is -2.68. The summed E-state index contributed by atoms with van der Waals surface area (Å²) in [5.41, 5.74) is 5.01. The molecule has 0 unspecified atom stereocenters. The molecular weight excluding hydrogens is 404 g/mol. The van der Waals surface area contributed by atoms with E-state index in [1.165, 1.54) is 74.5 Å². The Bertz CT molecular complexity index is 902. The van der Waals surface area contributed by atoms with Gasteiger partial charge < -0.3 is 4.74 Å². The molecule has 0 spiro atoms. The Labute approximate surface area is 200 Å². The molecule has 2 aromatic carbocycles. The fourth-order valence-corrected chi connectivity index (χ4v) is 4.02. The van der Waals surface area contributed by atoms with E-state index in [2.05, 4.69) is 72.3 Å². The van der Waals surface area contributed by atoms with Gasteiger partial charge in [0.1, 0.15) is 6.61 Å². The Morgan fingerprint density at radius 1 is 0.576 bits per heavy atom. The molecule has 0 saturated carbocycles. The molecule has 0 aliphatic carbocycles. The van der Waals surface area contributed by atoms with Crippen LogP contribution < -0.4 is 4.74 Å². The van der Waals surface area contributed by atoms with Crippen LogP contribution in [0.4, 0.5) is 0 Å². The van der Waals surface area contributed by atoms with E-state index in [1.807, 2.05) is 0 Å². The minimum absolute atomic E-state index is 0.534. The molecule has 3 nitrogen and oxygen atoms in total. The maximum absolute atomic E-state index is 5.90. The molecule has 1 heterocycles. The van der Waals surface area contributed by atoms with Crippen LogP contribution in [0.5, 0.6) is 5.75 Å². The zero-order valence-corrected chi connectivity index (χ0v) is 20.6. The highest BCUT2D eigenvalue weighted by Gasteiger charge is 2.04. The normalized spacial score (nSPS) is 11.0. The lowest BCUT2D eigenvalue weighted by Crippen LogP contribution is -1.98. The fourth-order valence-electron chi connectivity index (χ4n) is 4.02. The van der Waals surface area contributed by atoms with Gasteiger partial charge >= 0.3 is 0 Å². The van der Waals surface area contributed by atoms with E-state index in [0.717, 1.165) is 24.2 Å². The Balaban J connectivity index is 1.43. The molecule has 0 fully saturated rings. The lowest BCUT2D eigenvalue weighted by atomic mass is 10.0. The van der Waals surface area contributed by atoms with Crippen molar-refractivity contribution in [2.24, 2.45) is 0 Å². The smallest absolute Gasteiger partial charge is 0.159 e. The van der Waals surface area contributed by atoms with Gasteiger partial charge in [0.2, 0.25) is 0 Å². The van der Waals surface area contributed by atoms with Crippen LogP contribution in [0.2, 0.25) is 0 Å². The lowest BCUT2D eigenvalue weighted by Gasteiger charge is -2.08. The molecular formula is C30H40N2O. The monoisotopic (exact) mass is 444 g/mol. The third kappa shape index (κ3) is 9.00. The molecule has 0 aliphatic heterocycles. The second kappa shape index (κ2) is 14.5. The number of hydrogen-bond donors (Lipinski definition) is 0. The van der Waals surface area contributed by atoms with E-state index >= 15 is 0 Å². The molecule has 0 N–H and O–H groups in total. The molecule has 3 heteroatoms. The van der Waals surface area contributed by atoms with Crippen LogP contribution >= 0.6 is 0 Å². The molecule has 0 bridgehead atoms. The third-order valence-electron chi connectivity index (χ3n) is 6.16. The van der Waals surface area contributed by atoms with E-state index in [0.29, 0.717) is 12.4 Å². The van der Waals surface area contributed by atoms with Crippen LogP contribution in [-0.4, -0.2) is 9.97 Å². The van der Waals surface area contributed by atoms with Crippen LogP contribution in [0.25, 0.3) is 11.4 Å². The second-order valence-corrected chi connectivity index (χ2v) is 9.02. The molecule has 0 aliphatic rings. The molecule has 0 atom stereocenters. The van der Waals surface area contributed by atoms with Gasteiger partial charge in [-0.1, -0.05) is 107 Å². The van der Waals surface area contributed by atoms with Crippen molar-refractivity contribution in [1.29, 1.82) is 0 Å². The standard InChI is InChI=1S/C30H40N2O/c1-3-5-7-9-11-13-26-18-20-28(21-19-26)30-31-22-29(23-32-30)33-24-27-16-14-25(15-17-27)12-10-8-6-4-2/h14-23H,3-13,24H2,1-2H3. The zero-order valence-electron chi connectivity index (χ0n) is 20.6. The Kier molecular flexibility index (Phi) is 10.9. The number of rotatable bonds is 15. The van der Waals surface area contributed by atoms with E-state index in [9.17, 15) is 0 Å². The van der Waals surface area contributed by atoms with Crippen molar-refractivity contribution in [3.05, 3.63) is 77.6 Å². The third-order valence-corrected chi connectivity index (χ3v) is 6.16. The van der Waals surface area contributed by atoms with E-state index in [-0.39, 0.29) is 0 Å². The summed E-state index contributed by atoms with van der Waals surface area (Å²) in [7, 11) is 0. The number of benzene rings is 2. The van der Waals surface area contributed by atoms with Gasteiger partial charge in [0.25, 0.3) is 0 Å². The first-order chi connectivity index (χ1) is 16.3. The maximum atomic E-state index is 5.90. The summed E-state index contributed by atoms with van der Waals surface area (Å²) < 4.78 is 5.90. The van der Waals surface area contributed by atoms with E-state index in [4.69, 9.17) is 4.74 Å². The minimum atomic E-state index is 0.534. The van der Waals surface area contributed by atoms with Gasteiger partial charge in [-0.25, -0.2) is 9.97 Å². The van der Waals surface area contributed by atoms with E-state index in [1.54, 1.807) is 12.4 Å². The van der Waals surface area contributed by atoms with Crippen LogP contribution in [0.3, 0.4) is 0 Å². The van der Waals surface area contributed by atoms with Crippen LogP contribution in [0.1, 0.15) is 88.3 Å². The highest BCUT2D eigenvalue weighted by molar-refractivity contribution is 5.55. The zero-order chi connectivity index (χ0) is 23.1. The van der Waals surface area contributed by atoms with Gasteiger partial charge in [-0.05, 0) is 42.4 Å². The van der Waals surface area contributed by atoms with Crippen LogP contribution in [0.15, 0.2) is 60.9 Å². The van der Waals surface area contributed by atoms with Gasteiger partial charge in [-0.2, -0.15) is 0 Å². The van der Waals surface area contributed by atoms with Crippen LogP contribution in [0, 0.1) is 0 Å². The number of unbranched alkanes of at least 4 members (excludes halogenated alkanes) is 7. The predicted molar refractivity (Wildman–Crippen MR) is 139 cm³/mol.